The number of amides is 1. The highest BCUT2D eigenvalue weighted by Gasteiger charge is 2.03. The van der Waals surface area contributed by atoms with E-state index in [1.165, 1.54) is 0 Å². The molecule has 0 aliphatic carbocycles. The minimum Gasteiger partial charge on any atom is -0.484 e. The van der Waals surface area contributed by atoms with Gasteiger partial charge in [0.25, 0.3) is 5.91 Å². The summed E-state index contributed by atoms with van der Waals surface area (Å²) in [7, 11) is 0. The monoisotopic (exact) mass is 283 g/mol. The van der Waals surface area contributed by atoms with Crippen LogP contribution in [0.1, 0.15) is 12.5 Å². The molecule has 0 unspecified atom stereocenters. The van der Waals surface area contributed by atoms with E-state index < -0.39 is 0 Å². The maximum atomic E-state index is 11.7. The molecule has 0 saturated carbocycles. The van der Waals surface area contributed by atoms with Gasteiger partial charge in [-0.1, -0.05) is 30.3 Å². The zero-order valence-electron chi connectivity index (χ0n) is 11.7. The fourth-order valence-electron chi connectivity index (χ4n) is 1.67. The first-order valence-electron chi connectivity index (χ1n) is 6.52. The summed E-state index contributed by atoms with van der Waals surface area (Å²) in [5, 5.41) is 4.03. The average Bonchev–Trinajstić information content (AvgIpc) is 2.51. The van der Waals surface area contributed by atoms with E-state index in [1.54, 1.807) is 31.2 Å². The van der Waals surface area contributed by atoms with Crippen LogP contribution in [-0.4, -0.2) is 18.2 Å². The van der Waals surface area contributed by atoms with Gasteiger partial charge in [-0.15, -0.1) is 0 Å². The fourth-order valence-corrected chi connectivity index (χ4v) is 1.67. The SMILES string of the molecule is C/C(=N/NC(=O)COc1ccccc1)c1cccc(N)c1. The number of nitrogens with one attached hydrogen (secondary N) is 1. The fraction of sp³-hybridized carbons (Fsp3) is 0.125. The summed E-state index contributed by atoms with van der Waals surface area (Å²) >= 11 is 0. The third-order valence-electron chi connectivity index (χ3n) is 2.77. The van der Waals surface area contributed by atoms with Crippen molar-refractivity contribution in [2.24, 2.45) is 5.10 Å². The quantitative estimate of drug-likeness (QED) is 0.501. The van der Waals surface area contributed by atoms with Crippen LogP contribution >= 0.6 is 0 Å². The number of benzene rings is 2. The molecule has 0 aliphatic heterocycles. The summed E-state index contributed by atoms with van der Waals surface area (Å²) in [5.74, 6) is 0.325. The van der Waals surface area contributed by atoms with Crippen LogP contribution in [0.25, 0.3) is 0 Å². The average molecular weight is 283 g/mol. The number of nitrogens with two attached hydrogens (primary N) is 1. The second-order valence-electron chi connectivity index (χ2n) is 4.46. The Morgan fingerprint density at radius 1 is 1.19 bits per heavy atom. The van der Waals surface area contributed by atoms with Gasteiger partial charge in [0.15, 0.2) is 6.61 Å². The van der Waals surface area contributed by atoms with Crippen LogP contribution < -0.4 is 15.9 Å². The number of ether oxygens (including phenoxy) is 1. The van der Waals surface area contributed by atoms with Gasteiger partial charge in [-0.3, -0.25) is 4.79 Å². The lowest BCUT2D eigenvalue weighted by atomic mass is 10.1. The first-order valence-corrected chi connectivity index (χ1v) is 6.52. The standard InChI is InChI=1S/C16H17N3O2/c1-12(13-6-5-7-14(17)10-13)18-19-16(20)11-21-15-8-3-2-4-9-15/h2-10H,11,17H2,1H3,(H,19,20)/b18-12-. The molecule has 108 valence electrons. The highest BCUT2D eigenvalue weighted by atomic mass is 16.5. The van der Waals surface area contributed by atoms with Gasteiger partial charge in [-0.05, 0) is 36.8 Å². The van der Waals surface area contributed by atoms with Crippen LogP contribution in [0.15, 0.2) is 59.7 Å². The summed E-state index contributed by atoms with van der Waals surface area (Å²) in [6.07, 6.45) is 0. The molecule has 0 aliphatic rings. The predicted octanol–water partition coefficient (Wildman–Crippen LogP) is 2.19. The van der Waals surface area contributed by atoms with Gasteiger partial charge in [-0.25, -0.2) is 5.43 Å². The molecule has 0 radical (unpaired) electrons. The maximum Gasteiger partial charge on any atom is 0.277 e. The van der Waals surface area contributed by atoms with E-state index in [9.17, 15) is 4.79 Å². The molecule has 2 aromatic carbocycles. The minimum absolute atomic E-state index is 0.0856. The molecule has 0 saturated heterocycles. The number of nitrogens with zero attached hydrogens (tertiary/aromatic N) is 1. The number of para-hydroxylation sites is 1. The molecule has 0 atom stereocenters. The van der Waals surface area contributed by atoms with E-state index in [2.05, 4.69) is 10.5 Å². The number of hydrazone groups is 1. The zero-order chi connectivity index (χ0) is 15.1. The lowest BCUT2D eigenvalue weighted by molar-refractivity contribution is -0.123. The van der Waals surface area contributed by atoms with Gasteiger partial charge in [0.1, 0.15) is 5.75 Å². The molecule has 1 amide bonds. The van der Waals surface area contributed by atoms with Crippen LogP contribution in [0.5, 0.6) is 5.75 Å². The topological polar surface area (TPSA) is 76.7 Å². The van der Waals surface area contributed by atoms with Crippen molar-refractivity contribution in [2.45, 2.75) is 6.92 Å². The number of carbonyl (C=O) groups is 1. The summed E-state index contributed by atoms with van der Waals surface area (Å²) in [6, 6.07) is 16.4. The van der Waals surface area contributed by atoms with Gasteiger partial charge < -0.3 is 10.5 Å². The van der Waals surface area contributed by atoms with Gasteiger partial charge in [-0.2, -0.15) is 5.10 Å². The second-order valence-corrected chi connectivity index (χ2v) is 4.46. The molecular weight excluding hydrogens is 266 g/mol. The van der Waals surface area contributed by atoms with Crippen molar-refractivity contribution in [1.82, 2.24) is 5.43 Å². The lowest BCUT2D eigenvalue weighted by Gasteiger charge is -2.06. The predicted molar refractivity (Wildman–Crippen MR) is 83.1 cm³/mol. The third-order valence-corrected chi connectivity index (χ3v) is 2.77. The van der Waals surface area contributed by atoms with E-state index >= 15 is 0 Å². The molecule has 5 nitrogen and oxygen atoms in total. The Morgan fingerprint density at radius 3 is 2.67 bits per heavy atom. The Hall–Kier alpha value is -2.82. The summed E-state index contributed by atoms with van der Waals surface area (Å²) < 4.78 is 5.32. The van der Waals surface area contributed by atoms with Gasteiger partial charge in [0.05, 0.1) is 5.71 Å². The smallest absolute Gasteiger partial charge is 0.277 e. The molecule has 0 heterocycles. The number of nitrogen functional groups attached to an aromatic ring is 1. The number of carbonyl (C=O) groups excluding carboxylic acids is 1. The Labute approximate surface area is 123 Å². The largest absolute Gasteiger partial charge is 0.484 e. The van der Waals surface area contributed by atoms with Crippen molar-refractivity contribution in [3.05, 3.63) is 60.2 Å². The second kappa shape index (κ2) is 7.09. The van der Waals surface area contributed by atoms with Crippen LogP contribution in [-0.2, 0) is 4.79 Å². The molecule has 0 fully saturated rings. The van der Waals surface area contributed by atoms with Crippen molar-refractivity contribution in [3.63, 3.8) is 0 Å². The van der Waals surface area contributed by atoms with E-state index in [4.69, 9.17) is 10.5 Å². The van der Waals surface area contributed by atoms with Crippen LogP contribution in [0.2, 0.25) is 0 Å². The molecule has 21 heavy (non-hydrogen) atoms. The highest BCUT2D eigenvalue weighted by molar-refractivity contribution is 5.99. The Morgan fingerprint density at radius 2 is 1.95 bits per heavy atom. The first kappa shape index (κ1) is 14.6. The molecule has 3 N–H and O–H groups in total. The molecule has 0 bridgehead atoms. The van der Waals surface area contributed by atoms with E-state index in [0.29, 0.717) is 17.1 Å². The van der Waals surface area contributed by atoms with Gasteiger partial charge in [0, 0.05) is 5.69 Å². The van der Waals surface area contributed by atoms with Crippen LogP contribution in [0.4, 0.5) is 5.69 Å². The Balaban J connectivity index is 1.87. The zero-order valence-corrected chi connectivity index (χ0v) is 11.7. The van der Waals surface area contributed by atoms with Crippen molar-refractivity contribution in [3.8, 4) is 5.75 Å². The van der Waals surface area contributed by atoms with Gasteiger partial charge in [0.2, 0.25) is 0 Å². The van der Waals surface area contributed by atoms with E-state index in [1.807, 2.05) is 30.3 Å². The van der Waals surface area contributed by atoms with Crippen molar-refractivity contribution in [1.29, 1.82) is 0 Å². The minimum atomic E-state index is -0.317. The van der Waals surface area contributed by atoms with E-state index in [-0.39, 0.29) is 12.5 Å². The van der Waals surface area contributed by atoms with Crippen LogP contribution in [0.3, 0.4) is 0 Å². The third kappa shape index (κ3) is 4.65. The molecule has 5 heteroatoms. The Bertz CT molecular complexity index is 639. The lowest BCUT2D eigenvalue weighted by Crippen LogP contribution is -2.25. The molecule has 2 rings (SSSR count). The number of rotatable bonds is 5. The van der Waals surface area contributed by atoms with Crippen molar-refractivity contribution < 1.29 is 9.53 Å². The van der Waals surface area contributed by atoms with E-state index in [0.717, 1.165) is 5.56 Å². The normalized spacial score (nSPS) is 11.0. The van der Waals surface area contributed by atoms with Crippen molar-refractivity contribution >= 4 is 17.3 Å². The van der Waals surface area contributed by atoms with Crippen molar-refractivity contribution in [2.75, 3.05) is 12.3 Å². The Kier molecular flexibility index (Phi) is 4.93. The molecular formula is C16H17N3O2. The summed E-state index contributed by atoms with van der Waals surface area (Å²) in [6.45, 7) is 1.71. The number of anilines is 1. The molecule has 0 spiro atoms. The molecule has 0 aromatic heterocycles. The van der Waals surface area contributed by atoms with Crippen LogP contribution in [0, 0.1) is 0 Å². The summed E-state index contributed by atoms with van der Waals surface area (Å²) in [4.78, 5) is 11.7. The number of hydrogen-bond acceptors (Lipinski definition) is 4. The number of hydrogen-bond donors (Lipinski definition) is 2. The first-order chi connectivity index (χ1) is 10.1. The maximum absolute atomic E-state index is 11.7. The summed E-state index contributed by atoms with van der Waals surface area (Å²) in [5.41, 5.74) is 10.3. The molecule has 2 aromatic rings. The highest BCUT2D eigenvalue weighted by Crippen LogP contribution is 2.08. The van der Waals surface area contributed by atoms with Gasteiger partial charge >= 0.3 is 0 Å².